The van der Waals surface area contributed by atoms with E-state index in [0.717, 1.165) is 24.2 Å². The first-order valence-electron chi connectivity index (χ1n) is 6.90. The van der Waals surface area contributed by atoms with Crippen LogP contribution in [0.2, 0.25) is 0 Å². The lowest BCUT2D eigenvalue weighted by Gasteiger charge is -2.22. The first kappa shape index (κ1) is 15.6. The number of benzene rings is 1. The topological polar surface area (TPSA) is 47.3 Å². The monoisotopic (exact) mass is 260 g/mol. The fourth-order valence-corrected chi connectivity index (χ4v) is 2.01. The fourth-order valence-electron chi connectivity index (χ4n) is 2.01. The van der Waals surface area contributed by atoms with Crippen LogP contribution >= 0.6 is 0 Å². The standard InChI is InChI=1S/C16H24N2O/c1-4-7-14(5-2)18-16(12-17)13-8-10-15(11-9-13)19-6-3/h2,8-11,14,16,18H,4,6-7,12,17H2,1,3H3. The molecule has 2 unspecified atom stereocenters. The molecule has 0 aliphatic carbocycles. The summed E-state index contributed by atoms with van der Waals surface area (Å²) in [6.45, 7) is 5.30. The molecule has 104 valence electrons. The van der Waals surface area contributed by atoms with E-state index in [2.05, 4.69) is 18.2 Å². The molecule has 0 bridgehead atoms. The predicted molar refractivity (Wildman–Crippen MR) is 80.1 cm³/mol. The van der Waals surface area contributed by atoms with Gasteiger partial charge in [-0.1, -0.05) is 31.4 Å². The Labute approximate surface area is 116 Å². The van der Waals surface area contributed by atoms with Crippen LogP contribution in [-0.2, 0) is 0 Å². The molecular weight excluding hydrogens is 236 g/mol. The van der Waals surface area contributed by atoms with E-state index >= 15 is 0 Å². The van der Waals surface area contributed by atoms with Crippen LogP contribution < -0.4 is 15.8 Å². The Morgan fingerprint density at radius 3 is 2.47 bits per heavy atom. The second kappa shape index (κ2) is 8.58. The van der Waals surface area contributed by atoms with Gasteiger partial charge < -0.3 is 10.5 Å². The molecule has 0 spiro atoms. The highest BCUT2D eigenvalue weighted by Gasteiger charge is 2.13. The largest absolute Gasteiger partial charge is 0.494 e. The summed E-state index contributed by atoms with van der Waals surface area (Å²) in [7, 11) is 0. The molecular formula is C16H24N2O. The van der Waals surface area contributed by atoms with Crippen LogP contribution in [-0.4, -0.2) is 19.2 Å². The molecule has 2 atom stereocenters. The van der Waals surface area contributed by atoms with Gasteiger partial charge in [0.15, 0.2) is 0 Å². The second-order valence-corrected chi connectivity index (χ2v) is 4.46. The van der Waals surface area contributed by atoms with Gasteiger partial charge in [0.05, 0.1) is 12.6 Å². The van der Waals surface area contributed by atoms with Crippen LogP contribution in [0.3, 0.4) is 0 Å². The number of rotatable bonds is 8. The van der Waals surface area contributed by atoms with Crippen molar-refractivity contribution in [1.29, 1.82) is 0 Å². The molecule has 0 amide bonds. The molecule has 19 heavy (non-hydrogen) atoms. The molecule has 3 nitrogen and oxygen atoms in total. The summed E-state index contributed by atoms with van der Waals surface area (Å²) in [4.78, 5) is 0. The molecule has 1 aromatic carbocycles. The summed E-state index contributed by atoms with van der Waals surface area (Å²) in [5.74, 6) is 3.66. The number of hydrogen-bond donors (Lipinski definition) is 2. The number of ether oxygens (including phenoxy) is 1. The summed E-state index contributed by atoms with van der Waals surface area (Å²) in [5.41, 5.74) is 6.98. The Hall–Kier alpha value is -1.50. The summed E-state index contributed by atoms with van der Waals surface area (Å²) >= 11 is 0. The molecule has 1 aromatic rings. The zero-order valence-electron chi connectivity index (χ0n) is 11.9. The normalized spacial score (nSPS) is 13.6. The molecule has 3 N–H and O–H groups in total. The molecule has 0 aliphatic rings. The molecule has 0 aromatic heterocycles. The zero-order chi connectivity index (χ0) is 14.1. The van der Waals surface area contributed by atoms with Gasteiger partial charge in [0.25, 0.3) is 0 Å². The van der Waals surface area contributed by atoms with E-state index in [9.17, 15) is 0 Å². The van der Waals surface area contributed by atoms with Crippen molar-refractivity contribution in [2.45, 2.75) is 38.8 Å². The van der Waals surface area contributed by atoms with E-state index in [1.807, 2.05) is 31.2 Å². The first-order chi connectivity index (χ1) is 9.24. The van der Waals surface area contributed by atoms with Crippen LogP contribution in [0, 0.1) is 12.3 Å². The molecule has 0 heterocycles. The highest BCUT2D eigenvalue weighted by molar-refractivity contribution is 5.29. The van der Waals surface area contributed by atoms with Crippen molar-refractivity contribution in [3.8, 4) is 18.1 Å². The van der Waals surface area contributed by atoms with E-state index < -0.39 is 0 Å². The maximum absolute atomic E-state index is 5.84. The van der Waals surface area contributed by atoms with Crippen molar-refractivity contribution in [2.24, 2.45) is 5.73 Å². The summed E-state index contributed by atoms with van der Waals surface area (Å²) in [6, 6.07) is 8.17. The minimum absolute atomic E-state index is 0.0742. The quantitative estimate of drug-likeness (QED) is 0.706. The number of hydrogen-bond acceptors (Lipinski definition) is 3. The van der Waals surface area contributed by atoms with Gasteiger partial charge in [-0.25, -0.2) is 0 Å². The van der Waals surface area contributed by atoms with Gasteiger partial charge in [-0.2, -0.15) is 0 Å². The third-order valence-corrected chi connectivity index (χ3v) is 3.01. The molecule has 0 radical (unpaired) electrons. The minimum Gasteiger partial charge on any atom is -0.494 e. The lowest BCUT2D eigenvalue weighted by Crippen LogP contribution is -2.35. The first-order valence-corrected chi connectivity index (χ1v) is 6.90. The molecule has 0 fully saturated rings. The number of terminal acetylenes is 1. The highest BCUT2D eigenvalue weighted by atomic mass is 16.5. The number of nitrogens with two attached hydrogens (primary N) is 1. The molecule has 0 aliphatic heterocycles. The summed E-state index contributed by atoms with van der Waals surface area (Å²) in [5, 5.41) is 3.42. The van der Waals surface area contributed by atoms with Crippen LogP contribution in [0.25, 0.3) is 0 Å². The van der Waals surface area contributed by atoms with Crippen LogP contribution in [0.4, 0.5) is 0 Å². The predicted octanol–water partition coefficient (Wildman–Crippen LogP) is 2.48. The van der Waals surface area contributed by atoms with Crippen molar-refractivity contribution < 1.29 is 4.74 Å². The van der Waals surface area contributed by atoms with Crippen molar-refractivity contribution in [2.75, 3.05) is 13.2 Å². The van der Waals surface area contributed by atoms with Gasteiger partial charge in [-0.3, -0.25) is 5.32 Å². The van der Waals surface area contributed by atoms with Gasteiger partial charge in [0.2, 0.25) is 0 Å². The van der Waals surface area contributed by atoms with E-state index in [4.69, 9.17) is 16.9 Å². The second-order valence-electron chi connectivity index (χ2n) is 4.46. The van der Waals surface area contributed by atoms with E-state index in [1.54, 1.807) is 0 Å². The molecule has 0 saturated heterocycles. The third kappa shape index (κ3) is 4.94. The molecule has 3 heteroatoms. The summed E-state index contributed by atoms with van der Waals surface area (Å²) < 4.78 is 5.43. The molecule has 1 rings (SSSR count). The van der Waals surface area contributed by atoms with Gasteiger partial charge in [0.1, 0.15) is 5.75 Å². The van der Waals surface area contributed by atoms with Gasteiger partial charge in [-0.05, 0) is 31.0 Å². The molecule has 0 saturated carbocycles. The Kier molecular flexibility index (Phi) is 7.02. The Bertz CT molecular complexity index is 394. The van der Waals surface area contributed by atoms with E-state index in [0.29, 0.717) is 13.2 Å². The van der Waals surface area contributed by atoms with Crippen LogP contribution in [0.15, 0.2) is 24.3 Å². The Morgan fingerprint density at radius 2 is 2.00 bits per heavy atom. The number of nitrogens with one attached hydrogen (secondary N) is 1. The third-order valence-electron chi connectivity index (χ3n) is 3.01. The SMILES string of the molecule is C#CC(CCC)NC(CN)c1ccc(OCC)cc1. The minimum atomic E-state index is 0.0742. The van der Waals surface area contributed by atoms with Gasteiger partial charge >= 0.3 is 0 Å². The van der Waals surface area contributed by atoms with E-state index in [1.165, 1.54) is 0 Å². The Morgan fingerprint density at radius 1 is 1.32 bits per heavy atom. The zero-order valence-corrected chi connectivity index (χ0v) is 11.9. The fraction of sp³-hybridized carbons (Fsp3) is 0.500. The summed E-state index contributed by atoms with van der Waals surface area (Å²) in [6.07, 6.45) is 7.55. The maximum Gasteiger partial charge on any atom is 0.119 e. The van der Waals surface area contributed by atoms with Crippen molar-refractivity contribution in [3.05, 3.63) is 29.8 Å². The van der Waals surface area contributed by atoms with Crippen molar-refractivity contribution in [3.63, 3.8) is 0 Å². The smallest absolute Gasteiger partial charge is 0.119 e. The Balaban J connectivity index is 2.71. The maximum atomic E-state index is 5.84. The van der Waals surface area contributed by atoms with Crippen molar-refractivity contribution in [1.82, 2.24) is 5.32 Å². The lowest BCUT2D eigenvalue weighted by atomic mass is 10.0. The van der Waals surface area contributed by atoms with Crippen LogP contribution in [0.1, 0.15) is 38.3 Å². The van der Waals surface area contributed by atoms with E-state index in [-0.39, 0.29) is 12.1 Å². The van der Waals surface area contributed by atoms with Crippen LogP contribution in [0.5, 0.6) is 5.75 Å². The van der Waals surface area contributed by atoms with Gasteiger partial charge in [-0.15, -0.1) is 6.42 Å². The average molecular weight is 260 g/mol. The average Bonchev–Trinajstić information content (AvgIpc) is 2.45. The lowest BCUT2D eigenvalue weighted by molar-refractivity contribution is 0.340. The highest BCUT2D eigenvalue weighted by Crippen LogP contribution is 2.18. The van der Waals surface area contributed by atoms with Crippen molar-refractivity contribution >= 4 is 0 Å². The van der Waals surface area contributed by atoms with Gasteiger partial charge in [0, 0.05) is 12.6 Å².